The van der Waals surface area contributed by atoms with Gasteiger partial charge in [0.2, 0.25) is 5.91 Å². The molecule has 0 bridgehead atoms. The molecule has 0 saturated heterocycles. The average Bonchev–Trinajstić information content (AvgIpc) is 2.66. The zero-order valence-corrected chi connectivity index (χ0v) is 17.8. The number of sulfonamides is 1. The third-order valence-corrected chi connectivity index (χ3v) is 6.43. The van der Waals surface area contributed by atoms with Crippen LogP contribution < -0.4 is 14.4 Å². The monoisotopic (exact) mass is 404 g/mol. The van der Waals surface area contributed by atoms with Gasteiger partial charge < -0.3 is 10.1 Å². The largest absolute Gasteiger partial charge is 0.497 e. The minimum absolute atomic E-state index is 0.0627. The van der Waals surface area contributed by atoms with Gasteiger partial charge in [-0.1, -0.05) is 31.5 Å². The van der Waals surface area contributed by atoms with E-state index in [-0.39, 0.29) is 29.3 Å². The van der Waals surface area contributed by atoms with E-state index < -0.39 is 10.0 Å². The number of anilines is 1. The van der Waals surface area contributed by atoms with Crippen molar-refractivity contribution in [3.8, 4) is 5.75 Å². The molecule has 1 N–H and O–H groups in total. The van der Waals surface area contributed by atoms with Gasteiger partial charge in [-0.3, -0.25) is 9.10 Å². The van der Waals surface area contributed by atoms with Crippen LogP contribution in [0.1, 0.15) is 26.3 Å². The molecule has 0 aliphatic heterocycles. The molecule has 0 radical (unpaired) electrons. The van der Waals surface area contributed by atoms with Crippen LogP contribution >= 0.6 is 0 Å². The summed E-state index contributed by atoms with van der Waals surface area (Å²) in [5, 5.41) is 2.87. The molecule has 0 aliphatic carbocycles. The number of ether oxygens (including phenoxy) is 1. The number of benzene rings is 2. The summed E-state index contributed by atoms with van der Waals surface area (Å²) in [5.41, 5.74) is 1.35. The number of carbonyl (C=O) groups excluding carboxylic acids is 1. The number of nitrogens with one attached hydrogen (secondary N) is 1. The Balaban J connectivity index is 2.40. The molecule has 0 fully saturated rings. The lowest BCUT2D eigenvalue weighted by Crippen LogP contribution is -2.45. The molecule has 28 heavy (non-hydrogen) atoms. The number of amides is 1. The van der Waals surface area contributed by atoms with Crippen molar-refractivity contribution in [2.24, 2.45) is 5.92 Å². The SMILES string of the molecule is COc1ccc(N(CC(=O)N[C@H](C)C(C)C)S(=O)(=O)c2ccc(C)cc2)cc1. The summed E-state index contributed by atoms with van der Waals surface area (Å²) in [5.74, 6) is 0.495. The fraction of sp³-hybridized carbons (Fsp3) is 0.381. The van der Waals surface area contributed by atoms with Gasteiger partial charge in [-0.2, -0.15) is 0 Å². The summed E-state index contributed by atoms with van der Waals surface area (Å²) < 4.78 is 32.8. The lowest BCUT2D eigenvalue weighted by molar-refractivity contribution is -0.120. The number of hydrogen-bond acceptors (Lipinski definition) is 4. The quantitative estimate of drug-likeness (QED) is 0.732. The van der Waals surface area contributed by atoms with E-state index in [0.29, 0.717) is 11.4 Å². The Hall–Kier alpha value is -2.54. The van der Waals surface area contributed by atoms with Gasteiger partial charge in [0.05, 0.1) is 17.7 Å². The van der Waals surface area contributed by atoms with E-state index in [1.54, 1.807) is 48.5 Å². The Bertz CT molecular complexity index is 891. The predicted molar refractivity (Wildman–Crippen MR) is 111 cm³/mol. The molecule has 7 heteroatoms. The molecule has 0 spiro atoms. The molecular weight excluding hydrogens is 376 g/mol. The minimum Gasteiger partial charge on any atom is -0.497 e. The molecule has 2 aromatic rings. The van der Waals surface area contributed by atoms with Crippen molar-refractivity contribution in [2.45, 2.75) is 38.6 Å². The predicted octanol–water partition coefficient (Wildman–Crippen LogP) is 3.36. The molecule has 6 nitrogen and oxygen atoms in total. The Labute approximate surface area is 167 Å². The van der Waals surface area contributed by atoms with E-state index in [1.165, 1.54) is 7.11 Å². The van der Waals surface area contributed by atoms with Crippen molar-refractivity contribution >= 4 is 21.6 Å². The Morgan fingerprint density at radius 1 is 1.04 bits per heavy atom. The van der Waals surface area contributed by atoms with E-state index in [2.05, 4.69) is 5.32 Å². The van der Waals surface area contributed by atoms with Gasteiger partial charge in [0.1, 0.15) is 12.3 Å². The van der Waals surface area contributed by atoms with Gasteiger partial charge in [0, 0.05) is 6.04 Å². The second-order valence-corrected chi connectivity index (χ2v) is 8.99. The third kappa shape index (κ3) is 5.25. The van der Waals surface area contributed by atoms with Crippen molar-refractivity contribution in [1.82, 2.24) is 5.32 Å². The van der Waals surface area contributed by atoms with Gasteiger partial charge in [-0.05, 0) is 56.2 Å². The number of carbonyl (C=O) groups is 1. The number of methoxy groups -OCH3 is 1. The van der Waals surface area contributed by atoms with Gasteiger partial charge in [-0.15, -0.1) is 0 Å². The first kappa shape index (κ1) is 21.8. The maximum absolute atomic E-state index is 13.3. The zero-order valence-electron chi connectivity index (χ0n) is 17.0. The van der Waals surface area contributed by atoms with Gasteiger partial charge in [0.15, 0.2) is 0 Å². The van der Waals surface area contributed by atoms with Gasteiger partial charge in [-0.25, -0.2) is 8.42 Å². The second-order valence-electron chi connectivity index (χ2n) is 7.12. The Morgan fingerprint density at radius 2 is 1.61 bits per heavy atom. The standard InChI is InChI=1S/C21H28N2O4S/c1-15(2)17(4)22-21(24)14-23(18-8-10-19(27-5)11-9-18)28(25,26)20-12-6-16(3)7-13-20/h6-13,15,17H,14H2,1-5H3,(H,22,24)/t17-/m1/s1. The normalized spacial score (nSPS) is 12.5. The highest BCUT2D eigenvalue weighted by Gasteiger charge is 2.27. The molecule has 2 aromatic carbocycles. The van der Waals surface area contributed by atoms with Crippen LogP contribution in [0.25, 0.3) is 0 Å². The molecule has 1 amide bonds. The molecule has 1 atom stereocenters. The fourth-order valence-electron chi connectivity index (χ4n) is 2.50. The topological polar surface area (TPSA) is 75.7 Å². The third-order valence-electron chi connectivity index (χ3n) is 4.65. The highest BCUT2D eigenvalue weighted by atomic mass is 32.2. The highest BCUT2D eigenvalue weighted by molar-refractivity contribution is 7.92. The molecule has 2 rings (SSSR count). The van der Waals surface area contributed by atoms with E-state index in [1.807, 2.05) is 27.7 Å². The molecule has 0 aromatic heterocycles. The number of hydrogen-bond donors (Lipinski definition) is 1. The van der Waals surface area contributed by atoms with Crippen LogP contribution in [0.4, 0.5) is 5.69 Å². The first-order valence-electron chi connectivity index (χ1n) is 9.18. The van der Waals surface area contributed by atoms with Crippen molar-refractivity contribution in [1.29, 1.82) is 0 Å². The van der Waals surface area contributed by atoms with E-state index in [4.69, 9.17) is 4.74 Å². The first-order chi connectivity index (χ1) is 13.1. The fourth-order valence-corrected chi connectivity index (χ4v) is 3.92. The Morgan fingerprint density at radius 3 is 2.11 bits per heavy atom. The van der Waals surface area contributed by atoms with Crippen LogP contribution in [0.3, 0.4) is 0 Å². The Kier molecular flexibility index (Phi) is 7.07. The van der Waals surface area contributed by atoms with Crippen LogP contribution in [0, 0.1) is 12.8 Å². The smallest absolute Gasteiger partial charge is 0.264 e. The highest BCUT2D eigenvalue weighted by Crippen LogP contribution is 2.26. The van der Waals surface area contributed by atoms with Gasteiger partial charge in [0.25, 0.3) is 10.0 Å². The van der Waals surface area contributed by atoms with Crippen LogP contribution in [-0.2, 0) is 14.8 Å². The lowest BCUT2D eigenvalue weighted by Gasteiger charge is -2.26. The van der Waals surface area contributed by atoms with Crippen LogP contribution in [-0.4, -0.2) is 34.0 Å². The van der Waals surface area contributed by atoms with Crippen molar-refractivity contribution in [2.75, 3.05) is 18.0 Å². The van der Waals surface area contributed by atoms with Gasteiger partial charge >= 0.3 is 0 Å². The molecule has 0 aliphatic rings. The molecular formula is C21H28N2O4S. The summed E-state index contributed by atoms with van der Waals surface area (Å²) in [6, 6.07) is 13.1. The van der Waals surface area contributed by atoms with Crippen LogP contribution in [0.5, 0.6) is 5.75 Å². The van der Waals surface area contributed by atoms with Crippen molar-refractivity contribution in [3.05, 3.63) is 54.1 Å². The lowest BCUT2D eigenvalue weighted by atomic mass is 10.1. The summed E-state index contributed by atoms with van der Waals surface area (Å²) >= 11 is 0. The van der Waals surface area contributed by atoms with Crippen LogP contribution in [0.15, 0.2) is 53.4 Å². The van der Waals surface area contributed by atoms with Crippen LogP contribution in [0.2, 0.25) is 0 Å². The zero-order chi connectivity index (χ0) is 20.9. The summed E-state index contributed by atoms with van der Waals surface area (Å²) in [6.45, 7) is 7.47. The molecule has 0 heterocycles. The van der Waals surface area contributed by atoms with E-state index in [9.17, 15) is 13.2 Å². The first-order valence-corrected chi connectivity index (χ1v) is 10.6. The van der Waals surface area contributed by atoms with E-state index in [0.717, 1.165) is 9.87 Å². The summed E-state index contributed by atoms with van der Waals surface area (Å²) in [7, 11) is -2.37. The molecule has 0 unspecified atom stereocenters. The molecule has 152 valence electrons. The second kappa shape index (κ2) is 9.10. The van der Waals surface area contributed by atoms with E-state index >= 15 is 0 Å². The average molecular weight is 405 g/mol. The maximum Gasteiger partial charge on any atom is 0.264 e. The van der Waals surface area contributed by atoms with Crippen molar-refractivity contribution in [3.63, 3.8) is 0 Å². The van der Waals surface area contributed by atoms with Crippen molar-refractivity contribution < 1.29 is 17.9 Å². The maximum atomic E-state index is 13.3. The number of rotatable bonds is 8. The molecule has 0 saturated carbocycles. The number of nitrogens with zero attached hydrogens (tertiary/aromatic N) is 1. The number of aryl methyl sites for hydroxylation is 1. The summed E-state index contributed by atoms with van der Waals surface area (Å²) in [6.07, 6.45) is 0. The summed E-state index contributed by atoms with van der Waals surface area (Å²) in [4.78, 5) is 12.7. The minimum atomic E-state index is -3.91.